The highest BCUT2D eigenvalue weighted by Crippen LogP contribution is 2.13. The molecule has 0 fully saturated rings. The fourth-order valence-electron chi connectivity index (χ4n) is 1.84. The third-order valence-corrected chi connectivity index (χ3v) is 3.16. The molecular weight excluding hydrogens is 232 g/mol. The molecule has 0 aliphatic heterocycles. The van der Waals surface area contributed by atoms with Crippen LogP contribution in [0.2, 0.25) is 0 Å². The van der Waals surface area contributed by atoms with Crippen LogP contribution in [-0.4, -0.2) is 46.6 Å². The van der Waals surface area contributed by atoms with Crippen molar-refractivity contribution in [1.82, 2.24) is 10.2 Å². The Hall–Kier alpha value is -1.10. The molecule has 0 aliphatic carbocycles. The van der Waals surface area contributed by atoms with Gasteiger partial charge in [0.1, 0.15) is 5.54 Å². The molecule has 0 aromatic carbocycles. The van der Waals surface area contributed by atoms with Gasteiger partial charge in [-0.3, -0.25) is 14.5 Å². The summed E-state index contributed by atoms with van der Waals surface area (Å²) in [6, 6.07) is 0.133. The summed E-state index contributed by atoms with van der Waals surface area (Å²) >= 11 is 0. The van der Waals surface area contributed by atoms with E-state index in [1.807, 2.05) is 13.8 Å². The van der Waals surface area contributed by atoms with Crippen LogP contribution in [0.4, 0.5) is 0 Å². The molecule has 5 heteroatoms. The number of hydrogen-bond donors (Lipinski definition) is 2. The molecule has 106 valence electrons. The van der Waals surface area contributed by atoms with Crippen molar-refractivity contribution >= 4 is 11.9 Å². The highest BCUT2D eigenvalue weighted by Gasteiger charge is 2.34. The molecule has 18 heavy (non-hydrogen) atoms. The van der Waals surface area contributed by atoms with Crippen LogP contribution in [0.15, 0.2) is 0 Å². The second-order valence-corrected chi connectivity index (χ2v) is 5.14. The monoisotopic (exact) mass is 258 g/mol. The number of likely N-dealkylation sites (N-methyl/N-ethyl adjacent to an activating group) is 1. The fraction of sp³-hybridized carbons (Fsp3) is 0.846. The van der Waals surface area contributed by atoms with Crippen molar-refractivity contribution in [2.45, 2.75) is 59.0 Å². The average Bonchev–Trinajstić information content (AvgIpc) is 2.25. The minimum atomic E-state index is -1.03. The summed E-state index contributed by atoms with van der Waals surface area (Å²) < 4.78 is 0. The lowest BCUT2D eigenvalue weighted by molar-refractivity contribution is -0.150. The summed E-state index contributed by atoms with van der Waals surface area (Å²) in [7, 11) is 0. The van der Waals surface area contributed by atoms with Crippen LogP contribution in [-0.2, 0) is 9.59 Å². The average molecular weight is 258 g/mol. The first-order valence-electron chi connectivity index (χ1n) is 6.53. The third-order valence-electron chi connectivity index (χ3n) is 3.16. The SMILES string of the molecule is CCCC(C)NC(=O)CN(CC)C(C)(C)C(=O)O. The number of hydrogen-bond acceptors (Lipinski definition) is 3. The zero-order valence-corrected chi connectivity index (χ0v) is 12.1. The topological polar surface area (TPSA) is 69.6 Å². The Bertz CT molecular complexity index is 290. The number of aliphatic carboxylic acids is 1. The molecule has 0 heterocycles. The maximum Gasteiger partial charge on any atom is 0.323 e. The van der Waals surface area contributed by atoms with Gasteiger partial charge in [0.05, 0.1) is 6.54 Å². The van der Waals surface area contributed by atoms with Crippen molar-refractivity contribution in [2.24, 2.45) is 0 Å². The summed E-state index contributed by atoms with van der Waals surface area (Å²) in [5.41, 5.74) is -1.03. The van der Waals surface area contributed by atoms with Crippen LogP contribution in [0.1, 0.15) is 47.5 Å². The quantitative estimate of drug-likeness (QED) is 0.692. The van der Waals surface area contributed by atoms with E-state index < -0.39 is 11.5 Å². The van der Waals surface area contributed by atoms with Gasteiger partial charge in [-0.25, -0.2) is 0 Å². The van der Waals surface area contributed by atoms with Gasteiger partial charge in [0.15, 0.2) is 0 Å². The van der Waals surface area contributed by atoms with Gasteiger partial charge in [0, 0.05) is 6.04 Å². The standard InChI is InChI=1S/C13H26N2O3/c1-6-8-10(3)14-11(16)9-15(7-2)13(4,5)12(17)18/h10H,6-9H2,1-5H3,(H,14,16)(H,17,18). The molecule has 0 spiro atoms. The second kappa shape index (κ2) is 7.36. The smallest absolute Gasteiger partial charge is 0.323 e. The van der Waals surface area contributed by atoms with E-state index in [9.17, 15) is 9.59 Å². The lowest BCUT2D eigenvalue weighted by atomic mass is 10.0. The zero-order valence-electron chi connectivity index (χ0n) is 12.1. The number of nitrogens with one attached hydrogen (secondary N) is 1. The fourth-order valence-corrected chi connectivity index (χ4v) is 1.84. The number of rotatable bonds is 8. The van der Waals surface area contributed by atoms with E-state index in [4.69, 9.17) is 5.11 Å². The van der Waals surface area contributed by atoms with Crippen molar-refractivity contribution in [3.05, 3.63) is 0 Å². The Kier molecular flexibility index (Phi) is 6.91. The van der Waals surface area contributed by atoms with Crippen molar-refractivity contribution < 1.29 is 14.7 Å². The summed E-state index contributed by atoms with van der Waals surface area (Å²) in [5, 5.41) is 12.0. The highest BCUT2D eigenvalue weighted by atomic mass is 16.4. The summed E-state index contributed by atoms with van der Waals surface area (Å²) in [6.45, 7) is 9.74. The largest absolute Gasteiger partial charge is 0.480 e. The first-order valence-corrected chi connectivity index (χ1v) is 6.53. The number of carbonyl (C=O) groups excluding carboxylic acids is 1. The summed E-state index contributed by atoms with van der Waals surface area (Å²) in [5.74, 6) is -1.04. The number of carboxylic acids is 1. The van der Waals surface area contributed by atoms with Gasteiger partial charge in [0.2, 0.25) is 5.91 Å². The molecule has 2 N–H and O–H groups in total. The molecule has 0 aliphatic rings. The Morgan fingerprint density at radius 2 is 1.89 bits per heavy atom. The van der Waals surface area contributed by atoms with Gasteiger partial charge < -0.3 is 10.4 Å². The lowest BCUT2D eigenvalue weighted by Gasteiger charge is -2.33. The Balaban J connectivity index is 4.46. The van der Waals surface area contributed by atoms with Crippen LogP contribution in [0, 0.1) is 0 Å². The van der Waals surface area contributed by atoms with Crippen LogP contribution in [0.3, 0.4) is 0 Å². The minimum Gasteiger partial charge on any atom is -0.480 e. The van der Waals surface area contributed by atoms with Crippen LogP contribution >= 0.6 is 0 Å². The maximum absolute atomic E-state index is 11.8. The van der Waals surface area contributed by atoms with E-state index in [1.165, 1.54) is 0 Å². The van der Waals surface area contributed by atoms with Crippen LogP contribution in [0.5, 0.6) is 0 Å². The lowest BCUT2D eigenvalue weighted by Crippen LogP contribution is -2.54. The summed E-state index contributed by atoms with van der Waals surface area (Å²) in [6.07, 6.45) is 1.94. The van der Waals surface area contributed by atoms with E-state index in [-0.39, 0.29) is 18.5 Å². The second-order valence-electron chi connectivity index (χ2n) is 5.14. The van der Waals surface area contributed by atoms with E-state index in [2.05, 4.69) is 12.2 Å². The Labute approximate surface area is 110 Å². The molecule has 0 aromatic rings. The van der Waals surface area contributed by atoms with Crippen LogP contribution < -0.4 is 5.32 Å². The van der Waals surface area contributed by atoms with E-state index in [1.54, 1.807) is 18.7 Å². The first-order chi connectivity index (χ1) is 8.25. The molecule has 1 unspecified atom stereocenters. The first kappa shape index (κ1) is 16.9. The Morgan fingerprint density at radius 3 is 2.28 bits per heavy atom. The highest BCUT2D eigenvalue weighted by molar-refractivity contribution is 5.81. The van der Waals surface area contributed by atoms with Gasteiger partial charge >= 0.3 is 5.97 Å². The van der Waals surface area contributed by atoms with Gasteiger partial charge in [-0.1, -0.05) is 20.3 Å². The third kappa shape index (κ3) is 5.04. The molecule has 0 rings (SSSR count). The predicted molar refractivity (Wildman–Crippen MR) is 71.5 cm³/mol. The van der Waals surface area contributed by atoms with E-state index in [0.717, 1.165) is 12.8 Å². The van der Waals surface area contributed by atoms with Crippen molar-refractivity contribution in [3.63, 3.8) is 0 Å². The predicted octanol–water partition coefficient (Wildman–Crippen LogP) is 1.48. The normalized spacial score (nSPS) is 13.4. The maximum atomic E-state index is 11.8. The van der Waals surface area contributed by atoms with Gasteiger partial charge in [-0.05, 0) is 33.7 Å². The Morgan fingerprint density at radius 1 is 1.33 bits per heavy atom. The molecule has 0 saturated heterocycles. The van der Waals surface area contributed by atoms with Crippen molar-refractivity contribution in [1.29, 1.82) is 0 Å². The van der Waals surface area contributed by atoms with E-state index in [0.29, 0.717) is 6.54 Å². The molecule has 1 atom stereocenters. The zero-order chi connectivity index (χ0) is 14.3. The summed E-state index contributed by atoms with van der Waals surface area (Å²) in [4.78, 5) is 24.6. The number of carboxylic acid groups (broad SMARTS) is 1. The van der Waals surface area contributed by atoms with Crippen LogP contribution in [0.25, 0.3) is 0 Å². The van der Waals surface area contributed by atoms with Crippen molar-refractivity contribution in [2.75, 3.05) is 13.1 Å². The van der Waals surface area contributed by atoms with Crippen molar-refractivity contribution in [3.8, 4) is 0 Å². The van der Waals surface area contributed by atoms with Gasteiger partial charge in [-0.2, -0.15) is 0 Å². The van der Waals surface area contributed by atoms with Gasteiger partial charge in [0.25, 0.3) is 0 Å². The number of carbonyl (C=O) groups is 2. The minimum absolute atomic E-state index is 0.115. The molecule has 1 amide bonds. The molecule has 0 aromatic heterocycles. The number of nitrogens with zero attached hydrogens (tertiary/aromatic N) is 1. The van der Waals surface area contributed by atoms with E-state index >= 15 is 0 Å². The molecule has 0 bridgehead atoms. The molecule has 0 radical (unpaired) electrons. The number of amides is 1. The molecule has 0 saturated carbocycles. The molecule has 5 nitrogen and oxygen atoms in total. The molecular formula is C13H26N2O3. The van der Waals surface area contributed by atoms with Gasteiger partial charge in [-0.15, -0.1) is 0 Å².